The number of benzene rings is 1. The summed E-state index contributed by atoms with van der Waals surface area (Å²) in [6.07, 6.45) is 9.73. The molecule has 1 N–H and O–H groups in total. The number of aromatic nitrogens is 1. The maximum absolute atomic E-state index is 11.3. The summed E-state index contributed by atoms with van der Waals surface area (Å²) in [7, 11) is 1.70. The minimum Gasteiger partial charge on any atom is -0.497 e. The van der Waals surface area contributed by atoms with Crippen LogP contribution in [0, 0.1) is 11.8 Å². The Labute approximate surface area is 206 Å². The fourth-order valence-corrected chi connectivity index (χ4v) is 6.14. The number of nitrogens with zero attached hydrogens (tertiary/aromatic N) is 2. The molecule has 0 unspecified atom stereocenters. The predicted octanol–water partition coefficient (Wildman–Crippen LogP) is 6.06. The number of aryl methyl sites for hydroxylation is 2. The monoisotopic (exact) mass is 480 g/mol. The number of carboxylic acids is 1. The largest absolute Gasteiger partial charge is 0.497 e. The van der Waals surface area contributed by atoms with Crippen molar-refractivity contribution in [1.29, 1.82) is 0 Å². The van der Waals surface area contributed by atoms with Crippen LogP contribution < -0.4 is 4.74 Å². The second kappa shape index (κ2) is 12.3. The third kappa shape index (κ3) is 6.80. The molecule has 0 aliphatic carbocycles. The van der Waals surface area contributed by atoms with E-state index in [-0.39, 0.29) is 6.42 Å². The Hall–Kier alpha value is -2.44. The molecule has 4 rings (SSSR count). The lowest BCUT2D eigenvalue weighted by Crippen LogP contribution is -2.41. The zero-order valence-electron chi connectivity index (χ0n) is 20.1. The molecule has 6 heteroatoms. The summed E-state index contributed by atoms with van der Waals surface area (Å²) in [4.78, 5) is 19.8. The Kier molecular flexibility index (Phi) is 8.94. The first-order valence-electron chi connectivity index (χ1n) is 12.5. The molecule has 0 bridgehead atoms. The molecule has 3 aromatic rings. The highest BCUT2D eigenvalue weighted by Gasteiger charge is 2.29. The summed E-state index contributed by atoms with van der Waals surface area (Å²) in [6.45, 7) is 3.28. The predicted molar refractivity (Wildman–Crippen MR) is 139 cm³/mol. The minimum absolute atomic E-state index is 0.277. The third-order valence-electron chi connectivity index (χ3n) is 7.24. The number of thiophene rings is 1. The fraction of sp³-hybridized carbons (Fsp3) is 0.500. The van der Waals surface area contributed by atoms with Gasteiger partial charge < -0.3 is 14.7 Å². The van der Waals surface area contributed by atoms with E-state index in [2.05, 4.69) is 39.5 Å². The lowest BCUT2D eigenvalue weighted by atomic mass is 9.79. The Morgan fingerprint density at radius 3 is 2.88 bits per heavy atom. The average molecular weight is 481 g/mol. The molecule has 1 aromatic carbocycles. The summed E-state index contributed by atoms with van der Waals surface area (Å²) in [5.41, 5.74) is 2.32. The molecule has 1 aliphatic heterocycles. The molecule has 0 spiro atoms. The number of hydrogen-bond acceptors (Lipinski definition) is 5. The van der Waals surface area contributed by atoms with Crippen molar-refractivity contribution in [2.45, 2.75) is 51.4 Å². The molecule has 182 valence electrons. The first kappa shape index (κ1) is 24.7. The second-order valence-corrected chi connectivity index (χ2v) is 10.5. The van der Waals surface area contributed by atoms with Crippen LogP contribution in [-0.2, 0) is 17.6 Å². The second-order valence-electron chi connectivity index (χ2n) is 9.47. The number of ether oxygens (including phenoxy) is 1. The highest BCUT2D eigenvalue weighted by atomic mass is 32.1. The summed E-state index contributed by atoms with van der Waals surface area (Å²) in [5.74, 6) is 1.27. The first-order chi connectivity index (χ1) is 16.6. The van der Waals surface area contributed by atoms with E-state index < -0.39 is 5.97 Å². The van der Waals surface area contributed by atoms with Crippen LogP contribution in [0.25, 0.3) is 10.9 Å². The van der Waals surface area contributed by atoms with Crippen LogP contribution in [0.3, 0.4) is 0 Å². The zero-order chi connectivity index (χ0) is 23.8. The van der Waals surface area contributed by atoms with Crippen LogP contribution in [0.2, 0.25) is 0 Å². The number of fused-ring (bicyclic) bond motifs is 1. The van der Waals surface area contributed by atoms with Gasteiger partial charge in [-0.1, -0.05) is 6.07 Å². The summed E-state index contributed by atoms with van der Waals surface area (Å²) in [6, 6.07) is 12.5. The lowest BCUT2D eigenvalue weighted by Gasteiger charge is -2.39. The van der Waals surface area contributed by atoms with E-state index in [1.54, 1.807) is 7.11 Å². The molecule has 0 amide bonds. The van der Waals surface area contributed by atoms with E-state index >= 15 is 0 Å². The molecule has 0 radical (unpaired) electrons. The zero-order valence-corrected chi connectivity index (χ0v) is 20.9. The molecule has 5 nitrogen and oxygen atoms in total. The maximum atomic E-state index is 11.3. The fourth-order valence-electron chi connectivity index (χ4n) is 5.39. The van der Waals surface area contributed by atoms with Crippen molar-refractivity contribution in [3.8, 4) is 5.75 Å². The van der Waals surface area contributed by atoms with Gasteiger partial charge in [0.2, 0.25) is 0 Å². The van der Waals surface area contributed by atoms with E-state index in [0.29, 0.717) is 11.8 Å². The normalized spacial score (nSPS) is 18.9. The van der Waals surface area contributed by atoms with Crippen molar-refractivity contribution in [1.82, 2.24) is 9.88 Å². The van der Waals surface area contributed by atoms with Crippen molar-refractivity contribution >= 4 is 28.2 Å². The van der Waals surface area contributed by atoms with Crippen molar-refractivity contribution in [2.24, 2.45) is 11.8 Å². The summed E-state index contributed by atoms with van der Waals surface area (Å²) in [5, 5.41) is 12.6. The van der Waals surface area contributed by atoms with Crippen LogP contribution in [0.4, 0.5) is 0 Å². The van der Waals surface area contributed by atoms with Crippen LogP contribution in [0.1, 0.15) is 49.0 Å². The summed E-state index contributed by atoms with van der Waals surface area (Å²) >= 11 is 1.84. The molecule has 2 atom stereocenters. The molecule has 2 aromatic heterocycles. The highest BCUT2D eigenvalue weighted by Crippen LogP contribution is 2.32. The molecule has 1 fully saturated rings. The number of likely N-dealkylation sites (tertiary alicyclic amines) is 1. The molecule has 1 saturated heterocycles. The lowest BCUT2D eigenvalue weighted by molar-refractivity contribution is -0.137. The molecule has 3 heterocycles. The Balaban J connectivity index is 1.32. The Morgan fingerprint density at radius 2 is 2.09 bits per heavy atom. The van der Waals surface area contributed by atoms with Crippen molar-refractivity contribution in [3.63, 3.8) is 0 Å². The van der Waals surface area contributed by atoms with Gasteiger partial charge in [0.1, 0.15) is 5.75 Å². The maximum Gasteiger partial charge on any atom is 0.303 e. The topological polar surface area (TPSA) is 62.7 Å². The van der Waals surface area contributed by atoms with Crippen LogP contribution in [-0.4, -0.2) is 47.7 Å². The molecular weight excluding hydrogens is 444 g/mol. The number of pyridine rings is 1. The number of carboxylic acid groups (broad SMARTS) is 1. The number of methoxy groups -OCH3 is 1. The van der Waals surface area contributed by atoms with Gasteiger partial charge in [0.05, 0.1) is 12.6 Å². The first-order valence-corrected chi connectivity index (χ1v) is 13.4. The smallest absolute Gasteiger partial charge is 0.303 e. The van der Waals surface area contributed by atoms with E-state index in [9.17, 15) is 9.90 Å². The highest BCUT2D eigenvalue weighted by molar-refractivity contribution is 7.09. The molecule has 0 saturated carbocycles. The van der Waals surface area contributed by atoms with E-state index in [1.807, 2.05) is 29.7 Å². The number of aliphatic carboxylic acids is 1. The number of hydrogen-bond donors (Lipinski definition) is 1. The standard InChI is InChI=1S/C28H36N2O3S/c1-33-24-10-11-27-26(19-24)22(13-15-29-27)6-2-5-21-14-17-30(20-23(21)9-12-28(31)32)16-3-7-25-8-4-18-34-25/h4,8,10-11,13,15,18-19,21,23H,2-3,5-7,9,12,14,16-17,20H2,1H3,(H,31,32)/t21-,23+/m1/s1. The van der Waals surface area contributed by atoms with Gasteiger partial charge in [0.25, 0.3) is 0 Å². The van der Waals surface area contributed by atoms with E-state index in [1.165, 1.54) is 28.7 Å². The quantitative estimate of drug-likeness (QED) is 0.341. The number of rotatable bonds is 12. The van der Waals surface area contributed by atoms with Gasteiger partial charge in [-0.3, -0.25) is 9.78 Å². The van der Waals surface area contributed by atoms with Gasteiger partial charge in [0, 0.05) is 29.4 Å². The van der Waals surface area contributed by atoms with Crippen LogP contribution in [0.15, 0.2) is 48.0 Å². The Bertz CT molecular complexity index is 1050. The van der Waals surface area contributed by atoms with Crippen molar-refractivity contribution in [3.05, 3.63) is 58.4 Å². The van der Waals surface area contributed by atoms with Gasteiger partial charge in [-0.2, -0.15) is 0 Å². The molecule has 34 heavy (non-hydrogen) atoms. The van der Waals surface area contributed by atoms with Crippen molar-refractivity contribution in [2.75, 3.05) is 26.7 Å². The van der Waals surface area contributed by atoms with E-state index in [4.69, 9.17) is 4.74 Å². The molecular formula is C28H36N2O3S. The minimum atomic E-state index is -0.675. The van der Waals surface area contributed by atoms with Crippen LogP contribution >= 0.6 is 11.3 Å². The SMILES string of the molecule is COc1ccc2nccc(CCC[C@@H]3CCN(CCCc4cccs4)C[C@@H]3CCC(=O)O)c2c1. The number of carbonyl (C=O) groups is 1. The van der Waals surface area contributed by atoms with Gasteiger partial charge in [-0.05, 0) is 111 Å². The summed E-state index contributed by atoms with van der Waals surface area (Å²) < 4.78 is 5.42. The average Bonchev–Trinajstić information content (AvgIpc) is 3.37. The van der Waals surface area contributed by atoms with Crippen molar-refractivity contribution < 1.29 is 14.6 Å². The van der Waals surface area contributed by atoms with E-state index in [0.717, 1.165) is 63.0 Å². The van der Waals surface area contributed by atoms with Crippen LogP contribution in [0.5, 0.6) is 5.75 Å². The molecule has 1 aliphatic rings. The van der Waals surface area contributed by atoms with Gasteiger partial charge >= 0.3 is 5.97 Å². The van der Waals surface area contributed by atoms with Gasteiger partial charge in [-0.25, -0.2) is 0 Å². The van der Waals surface area contributed by atoms with Gasteiger partial charge in [-0.15, -0.1) is 11.3 Å². The number of piperidine rings is 1. The van der Waals surface area contributed by atoms with Gasteiger partial charge in [0.15, 0.2) is 0 Å². The Morgan fingerprint density at radius 1 is 1.18 bits per heavy atom. The third-order valence-corrected chi connectivity index (χ3v) is 8.18.